The van der Waals surface area contributed by atoms with Gasteiger partial charge in [-0.1, -0.05) is 0 Å². The fraction of sp³-hybridized carbons (Fsp3) is 0.500. The first-order valence-corrected chi connectivity index (χ1v) is 8.94. The Hall–Kier alpha value is -1.61. The van der Waals surface area contributed by atoms with E-state index in [4.69, 9.17) is 5.73 Å². The summed E-state index contributed by atoms with van der Waals surface area (Å²) in [6.45, 7) is 0.524. The first kappa shape index (κ1) is 19.7. The quantitative estimate of drug-likeness (QED) is 0.714. The molecule has 3 atom stereocenters. The molecule has 0 bridgehead atoms. The Morgan fingerprint density at radius 2 is 2.12 bits per heavy atom. The molecular formula is C16H22ClN5O2S. The van der Waals surface area contributed by atoms with E-state index in [0.717, 1.165) is 17.1 Å². The predicted molar refractivity (Wildman–Crippen MR) is 98.4 cm³/mol. The highest BCUT2D eigenvalue weighted by molar-refractivity contribution is 7.13. The van der Waals surface area contributed by atoms with Gasteiger partial charge in [-0.15, -0.1) is 23.7 Å². The zero-order valence-corrected chi connectivity index (χ0v) is 15.3. The van der Waals surface area contributed by atoms with E-state index in [1.54, 1.807) is 18.5 Å². The van der Waals surface area contributed by atoms with Crippen LogP contribution in [-0.4, -0.2) is 44.7 Å². The Morgan fingerprint density at radius 3 is 2.84 bits per heavy atom. The molecule has 2 aromatic rings. The second-order valence-electron chi connectivity index (χ2n) is 6.00. The number of carbonyl (C=O) groups excluding carboxylic acids is 1. The number of halogens is 1. The van der Waals surface area contributed by atoms with Gasteiger partial charge in [-0.3, -0.25) is 4.79 Å². The maximum Gasteiger partial charge on any atom is 0.223 e. The first-order chi connectivity index (χ1) is 11.6. The van der Waals surface area contributed by atoms with Gasteiger partial charge in [0.2, 0.25) is 5.91 Å². The second kappa shape index (κ2) is 9.19. The highest BCUT2D eigenvalue weighted by Crippen LogP contribution is 2.24. The highest BCUT2D eigenvalue weighted by atomic mass is 35.5. The number of rotatable bonds is 5. The molecule has 0 saturated heterocycles. The molecule has 3 rings (SSSR count). The number of nitrogens with two attached hydrogens (primary N) is 1. The van der Waals surface area contributed by atoms with Crippen LogP contribution in [0, 0.1) is 5.92 Å². The monoisotopic (exact) mass is 383 g/mol. The molecule has 0 unspecified atom stereocenters. The molecule has 0 aliphatic heterocycles. The number of nitrogens with one attached hydrogen (secondary N) is 1. The maximum absolute atomic E-state index is 12.2. The second-order valence-corrected chi connectivity index (χ2v) is 6.86. The van der Waals surface area contributed by atoms with Gasteiger partial charge in [-0.2, -0.15) is 0 Å². The molecule has 0 spiro atoms. The Bertz CT molecular complexity index is 684. The molecule has 2 aromatic heterocycles. The van der Waals surface area contributed by atoms with E-state index in [1.165, 1.54) is 11.3 Å². The summed E-state index contributed by atoms with van der Waals surface area (Å²) in [6.07, 6.45) is 5.31. The van der Waals surface area contributed by atoms with E-state index in [0.29, 0.717) is 31.6 Å². The lowest BCUT2D eigenvalue weighted by atomic mass is 9.84. The molecule has 9 heteroatoms. The Morgan fingerprint density at radius 1 is 1.36 bits per heavy atom. The summed E-state index contributed by atoms with van der Waals surface area (Å²) in [5, 5.41) is 15.5. The molecule has 4 N–H and O–H groups in total. The van der Waals surface area contributed by atoms with E-state index in [2.05, 4.69) is 20.3 Å². The Labute approximate surface area is 156 Å². The molecule has 136 valence electrons. The van der Waals surface area contributed by atoms with Gasteiger partial charge in [0.05, 0.1) is 11.8 Å². The van der Waals surface area contributed by atoms with Crippen molar-refractivity contribution >= 4 is 29.7 Å². The SMILES string of the molecule is Cl.N[C@@H]1CC[C@H](C(=O)NCCc2csc(-c3ncccn3)n2)C[C@H]1O. The molecule has 2 heterocycles. The first-order valence-electron chi connectivity index (χ1n) is 8.06. The van der Waals surface area contributed by atoms with Crippen LogP contribution in [0.25, 0.3) is 10.8 Å². The minimum Gasteiger partial charge on any atom is -0.391 e. The summed E-state index contributed by atoms with van der Waals surface area (Å²) in [4.78, 5) is 25.0. The van der Waals surface area contributed by atoms with Gasteiger partial charge in [-0.25, -0.2) is 15.0 Å². The van der Waals surface area contributed by atoms with Crippen molar-refractivity contribution < 1.29 is 9.90 Å². The zero-order valence-electron chi connectivity index (χ0n) is 13.7. The van der Waals surface area contributed by atoms with Gasteiger partial charge in [0.25, 0.3) is 0 Å². The normalized spacial score (nSPS) is 22.9. The third kappa shape index (κ3) is 5.18. The van der Waals surface area contributed by atoms with Crippen molar-refractivity contribution in [2.24, 2.45) is 11.7 Å². The fourth-order valence-corrected chi connectivity index (χ4v) is 3.60. The number of hydrogen-bond donors (Lipinski definition) is 3. The van der Waals surface area contributed by atoms with Gasteiger partial charge >= 0.3 is 0 Å². The van der Waals surface area contributed by atoms with Crippen molar-refractivity contribution in [3.8, 4) is 10.8 Å². The third-order valence-electron chi connectivity index (χ3n) is 4.23. The van der Waals surface area contributed by atoms with Gasteiger partial charge in [0.1, 0.15) is 0 Å². The Balaban J connectivity index is 0.00000225. The number of thiazole rings is 1. The summed E-state index contributed by atoms with van der Waals surface area (Å²) < 4.78 is 0. The summed E-state index contributed by atoms with van der Waals surface area (Å²) >= 11 is 1.49. The van der Waals surface area contributed by atoms with Gasteiger partial charge < -0.3 is 16.2 Å². The number of carbonyl (C=O) groups is 1. The number of aliphatic hydroxyl groups excluding tert-OH is 1. The maximum atomic E-state index is 12.2. The van der Waals surface area contributed by atoms with Gasteiger partial charge in [-0.05, 0) is 25.3 Å². The van der Waals surface area contributed by atoms with E-state index in [9.17, 15) is 9.90 Å². The zero-order chi connectivity index (χ0) is 16.9. The summed E-state index contributed by atoms with van der Waals surface area (Å²) in [5.41, 5.74) is 6.68. The predicted octanol–water partition coefficient (Wildman–Crippen LogP) is 1.17. The lowest BCUT2D eigenvalue weighted by molar-refractivity contribution is -0.127. The average Bonchev–Trinajstić information content (AvgIpc) is 3.07. The van der Waals surface area contributed by atoms with Crippen LogP contribution >= 0.6 is 23.7 Å². The van der Waals surface area contributed by atoms with E-state index >= 15 is 0 Å². The lowest BCUT2D eigenvalue weighted by Gasteiger charge is -2.29. The number of nitrogens with zero attached hydrogens (tertiary/aromatic N) is 3. The van der Waals surface area contributed by atoms with Crippen LogP contribution in [-0.2, 0) is 11.2 Å². The number of aliphatic hydroxyl groups is 1. The molecule has 1 fully saturated rings. The highest BCUT2D eigenvalue weighted by Gasteiger charge is 2.30. The van der Waals surface area contributed by atoms with Crippen LogP contribution in [0.15, 0.2) is 23.8 Å². The fourth-order valence-electron chi connectivity index (χ4n) is 2.80. The molecule has 7 nitrogen and oxygen atoms in total. The smallest absolute Gasteiger partial charge is 0.223 e. The molecule has 1 saturated carbocycles. The summed E-state index contributed by atoms with van der Waals surface area (Å²) in [7, 11) is 0. The average molecular weight is 384 g/mol. The van der Waals surface area contributed by atoms with Crippen molar-refractivity contribution in [2.45, 2.75) is 37.8 Å². The molecule has 0 aromatic carbocycles. The molecule has 1 amide bonds. The van der Waals surface area contributed by atoms with Crippen LogP contribution < -0.4 is 11.1 Å². The van der Waals surface area contributed by atoms with Crippen molar-refractivity contribution in [3.05, 3.63) is 29.5 Å². The molecule has 0 radical (unpaired) electrons. The largest absolute Gasteiger partial charge is 0.391 e. The van der Waals surface area contributed by atoms with Crippen LogP contribution in [0.5, 0.6) is 0 Å². The van der Waals surface area contributed by atoms with E-state index in [1.807, 2.05) is 5.38 Å². The van der Waals surface area contributed by atoms with Crippen LogP contribution in [0.1, 0.15) is 25.0 Å². The topological polar surface area (TPSA) is 114 Å². The number of hydrogen-bond acceptors (Lipinski definition) is 7. The number of amides is 1. The van der Waals surface area contributed by atoms with Crippen molar-refractivity contribution in [1.82, 2.24) is 20.3 Å². The van der Waals surface area contributed by atoms with Gasteiger partial charge in [0, 0.05) is 42.7 Å². The van der Waals surface area contributed by atoms with Crippen LogP contribution in [0.3, 0.4) is 0 Å². The van der Waals surface area contributed by atoms with E-state index < -0.39 is 6.10 Å². The van der Waals surface area contributed by atoms with Gasteiger partial charge in [0.15, 0.2) is 10.8 Å². The third-order valence-corrected chi connectivity index (χ3v) is 5.12. The minimum atomic E-state index is -0.582. The molecule has 1 aliphatic carbocycles. The Kier molecular flexibility index (Phi) is 7.24. The van der Waals surface area contributed by atoms with E-state index in [-0.39, 0.29) is 30.3 Å². The lowest BCUT2D eigenvalue weighted by Crippen LogP contribution is -2.44. The molecular weight excluding hydrogens is 362 g/mol. The minimum absolute atomic E-state index is 0. The van der Waals surface area contributed by atoms with Crippen molar-refractivity contribution in [3.63, 3.8) is 0 Å². The van der Waals surface area contributed by atoms with Crippen molar-refractivity contribution in [2.75, 3.05) is 6.54 Å². The number of aromatic nitrogens is 3. The molecule has 25 heavy (non-hydrogen) atoms. The summed E-state index contributed by atoms with van der Waals surface area (Å²) in [6, 6.07) is 1.56. The van der Waals surface area contributed by atoms with Crippen LogP contribution in [0.2, 0.25) is 0 Å². The van der Waals surface area contributed by atoms with Crippen LogP contribution in [0.4, 0.5) is 0 Å². The molecule has 1 aliphatic rings. The standard InChI is InChI=1S/C16H21N5O2S.ClH/c17-12-3-2-10(8-13(12)22)15(23)20-7-4-11-9-24-16(21-11)14-18-5-1-6-19-14;/h1,5-6,9-10,12-13,22H,2-4,7-8,17H2,(H,20,23);1H/t10-,12+,13+;/m0./s1. The van der Waals surface area contributed by atoms with Crippen molar-refractivity contribution in [1.29, 1.82) is 0 Å². The summed E-state index contributed by atoms with van der Waals surface area (Å²) in [5.74, 6) is 0.455.